The summed E-state index contributed by atoms with van der Waals surface area (Å²) in [6.45, 7) is 3.13. The highest BCUT2D eigenvalue weighted by atomic mass is 16.3. The first kappa shape index (κ1) is 20.2. The van der Waals surface area contributed by atoms with Gasteiger partial charge in [0, 0.05) is 26.4 Å². The summed E-state index contributed by atoms with van der Waals surface area (Å²) in [5, 5.41) is 33.6. The van der Waals surface area contributed by atoms with E-state index >= 15 is 0 Å². The van der Waals surface area contributed by atoms with E-state index in [9.17, 15) is 0 Å². The van der Waals surface area contributed by atoms with Crippen molar-refractivity contribution in [2.45, 2.75) is 58.3 Å². The van der Waals surface area contributed by atoms with Crippen LogP contribution in [0.4, 0.5) is 0 Å². The summed E-state index contributed by atoms with van der Waals surface area (Å²) in [5.41, 5.74) is 0. The Kier molecular flexibility index (Phi) is 21.5. The number of hydrogen-bond donors (Lipinski definition) is 4. The van der Waals surface area contributed by atoms with Crippen LogP contribution in [0, 0.1) is 5.92 Å². The monoisotopic (exact) mass is 264 g/mol. The Balaban J connectivity index is 0. The van der Waals surface area contributed by atoms with Crippen LogP contribution in [0.1, 0.15) is 58.3 Å². The van der Waals surface area contributed by atoms with Crippen molar-refractivity contribution in [2.24, 2.45) is 5.92 Å². The molecule has 0 aromatic heterocycles. The van der Waals surface area contributed by atoms with Gasteiger partial charge >= 0.3 is 0 Å². The molecule has 0 aromatic carbocycles. The standard InChI is InChI=1S/C8H18O2.C6H14O2/c9-7-5-3-1-2-4-6-8-10;1-6(2-4-7)3-5-8/h9-10H,1-8H2;6-8H,2-5H2,1H3. The average molecular weight is 264 g/mol. The second-order valence-corrected chi connectivity index (χ2v) is 4.70. The molecule has 18 heavy (non-hydrogen) atoms. The average Bonchev–Trinajstić information content (AvgIpc) is 2.35. The number of aliphatic hydroxyl groups excluding tert-OH is 4. The van der Waals surface area contributed by atoms with E-state index in [4.69, 9.17) is 20.4 Å². The molecule has 112 valence electrons. The summed E-state index contributed by atoms with van der Waals surface area (Å²) in [6.07, 6.45) is 8.12. The van der Waals surface area contributed by atoms with E-state index in [1.54, 1.807) is 0 Å². The summed E-state index contributed by atoms with van der Waals surface area (Å²) in [7, 11) is 0. The van der Waals surface area contributed by atoms with Crippen LogP contribution in [-0.2, 0) is 0 Å². The molecule has 0 aliphatic carbocycles. The summed E-state index contributed by atoms with van der Waals surface area (Å²) in [6, 6.07) is 0. The lowest BCUT2D eigenvalue weighted by Crippen LogP contribution is -1.99. The maximum Gasteiger partial charge on any atom is 0.0433 e. The zero-order valence-electron chi connectivity index (χ0n) is 11.9. The highest BCUT2D eigenvalue weighted by Gasteiger charge is 1.97. The first-order valence-electron chi connectivity index (χ1n) is 7.16. The second kappa shape index (κ2) is 19.2. The molecule has 4 nitrogen and oxygen atoms in total. The van der Waals surface area contributed by atoms with E-state index in [0.717, 1.165) is 38.5 Å². The van der Waals surface area contributed by atoms with Gasteiger partial charge in [-0.05, 0) is 31.6 Å². The van der Waals surface area contributed by atoms with Gasteiger partial charge in [-0.3, -0.25) is 0 Å². The molecule has 0 saturated heterocycles. The Morgan fingerprint density at radius 2 is 0.889 bits per heavy atom. The quantitative estimate of drug-likeness (QED) is 0.428. The van der Waals surface area contributed by atoms with Crippen LogP contribution in [0.25, 0.3) is 0 Å². The molecule has 0 amide bonds. The number of hydrogen-bond acceptors (Lipinski definition) is 4. The first-order chi connectivity index (χ1) is 8.72. The van der Waals surface area contributed by atoms with Crippen LogP contribution in [0.2, 0.25) is 0 Å². The third-order valence-corrected chi connectivity index (χ3v) is 2.81. The lowest BCUT2D eigenvalue weighted by Gasteiger charge is -2.04. The fourth-order valence-electron chi connectivity index (χ4n) is 1.52. The van der Waals surface area contributed by atoms with Crippen LogP contribution in [0.5, 0.6) is 0 Å². The molecule has 0 spiro atoms. The van der Waals surface area contributed by atoms with Crippen LogP contribution in [-0.4, -0.2) is 46.9 Å². The minimum atomic E-state index is 0.237. The van der Waals surface area contributed by atoms with E-state index in [2.05, 4.69) is 0 Å². The number of rotatable bonds is 11. The predicted octanol–water partition coefficient (Wildman–Crippen LogP) is 1.70. The lowest BCUT2D eigenvalue weighted by atomic mass is 10.1. The van der Waals surface area contributed by atoms with Crippen LogP contribution in [0.15, 0.2) is 0 Å². The zero-order chi connectivity index (χ0) is 14.1. The molecule has 0 aliphatic heterocycles. The van der Waals surface area contributed by atoms with Crippen LogP contribution < -0.4 is 0 Å². The minimum absolute atomic E-state index is 0.237. The SMILES string of the molecule is CC(CCO)CCO.OCCCCCCCCO. The topological polar surface area (TPSA) is 80.9 Å². The molecule has 0 atom stereocenters. The fraction of sp³-hybridized carbons (Fsp3) is 1.00. The van der Waals surface area contributed by atoms with Crippen molar-refractivity contribution in [3.63, 3.8) is 0 Å². The van der Waals surface area contributed by atoms with E-state index in [1.165, 1.54) is 12.8 Å². The summed E-state index contributed by atoms with van der Waals surface area (Å²) < 4.78 is 0. The Bertz CT molecular complexity index is 117. The van der Waals surface area contributed by atoms with Crippen molar-refractivity contribution in [2.75, 3.05) is 26.4 Å². The van der Waals surface area contributed by atoms with Gasteiger partial charge in [0.25, 0.3) is 0 Å². The van der Waals surface area contributed by atoms with Crippen molar-refractivity contribution in [1.82, 2.24) is 0 Å². The van der Waals surface area contributed by atoms with Crippen LogP contribution >= 0.6 is 0 Å². The molecule has 0 fully saturated rings. The second-order valence-electron chi connectivity index (χ2n) is 4.70. The number of unbranched alkanes of at least 4 members (excludes halogenated alkanes) is 5. The molecular formula is C14H32O4. The molecule has 0 rings (SSSR count). The van der Waals surface area contributed by atoms with Gasteiger partial charge in [0.1, 0.15) is 0 Å². The third kappa shape index (κ3) is 21.2. The molecule has 0 aromatic rings. The first-order valence-corrected chi connectivity index (χ1v) is 7.16. The summed E-state index contributed by atoms with van der Waals surface area (Å²) in [5.74, 6) is 0.463. The van der Waals surface area contributed by atoms with Crippen molar-refractivity contribution in [1.29, 1.82) is 0 Å². The maximum absolute atomic E-state index is 8.43. The van der Waals surface area contributed by atoms with Gasteiger partial charge in [-0.1, -0.05) is 32.6 Å². The lowest BCUT2D eigenvalue weighted by molar-refractivity contribution is 0.223. The fourth-order valence-corrected chi connectivity index (χ4v) is 1.52. The molecule has 4 N–H and O–H groups in total. The third-order valence-electron chi connectivity index (χ3n) is 2.81. The predicted molar refractivity (Wildman–Crippen MR) is 74.4 cm³/mol. The molecule has 0 saturated carbocycles. The Morgan fingerprint density at radius 3 is 1.17 bits per heavy atom. The zero-order valence-corrected chi connectivity index (χ0v) is 11.9. The van der Waals surface area contributed by atoms with Crippen LogP contribution in [0.3, 0.4) is 0 Å². The Morgan fingerprint density at radius 1 is 0.556 bits per heavy atom. The van der Waals surface area contributed by atoms with Gasteiger partial charge in [0.2, 0.25) is 0 Å². The van der Waals surface area contributed by atoms with Crippen molar-refractivity contribution < 1.29 is 20.4 Å². The molecular weight excluding hydrogens is 232 g/mol. The Labute approximate surface area is 112 Å². The molecule has 4 heteroatoms. The smallest absolute Gasteiger partial charge is 0.0433 e. The van der Waals surface area contributed by atoms with E-state index in [-0.39, 0.29) is 13.2 Å². The van der Waals surface area contributed by atoms with Gasteiger partial charge in [0.15, 0.2) is 0 Å². The molecule has 0 unspecified atom stereocenters. The van der Waals surface area contributed by atoms with E-state index < -0.39 is 0 Å². The summed E-state index contributed by atoms with van der Waals surface area (Å²) in [4.78, 5) is 0. The summed E-state index contributed by atoms with van der Waals surface area (Å²) >= 11 is 0. The van der Waals surface area contributed by atoms with Gasteiger partial charge in [-0.15, -0.1) is 0 Å². The largest absolute Gasteiger partial charge is 0.396 e. The highest BCUT2D eigenvalue weighted by Crippen LogP contribution is 2.04. The van der Waals surface area contributed by atoms with Crippen molar-refractivity contribution >= 4 is 0 Å². The molecule has 0 bridgehead atoms. The molecule has 0 heterocycles. The normalized spacial score (nSPS) is 10.3. The molecule has 0 radical (unpaired) electrons. The van der Waals surface area contributed by atoms with Gasteiger partial charge in [-0.2, -0.15) is 0 Å². The number of aliphatic hydroxyl groups is 4. The van der Waals surface area contributed by atoms with Crippen molar-refractivity contribution in [3.05, 3.63) is 0 Å². The maximum atomic E-state index is 8.43. The molecule has 0 aliphatic rings. The Hall–Kier alpha value is -0.160. The van der Waals surface area contributed by atoms with Gasteiger partial charge < -0.3 is 20.4 Å². The van der Waals surface area contributed by atoms with Gasteiger partial charge in [-0.25, -0.2) is 0 Å². The minimum Gasteiger partial charge on any atom is -0.396 e. The van der Waals surface area contributed by atoms with E-state index in [0.29, 0.717) is 19.1 Å². The highest BCUT2D eigenvalue weighted by molar-refractivity contribution is 4.49. The van der Waals surface area contributed by atoms with E-state index in [1.807, 2.05) is 6.92 Å². The van der Waals surface area contributed by atoms with Crippen molar-refractivity contribution in [3.8, 4) is 0 Å². The van der Waals surface area contributed by atoms with Gasteiger partial charge in [0.05, 0.1) is 0 Å².